The summed E-state index contributed by atoms with van der Waals surface area (Å²) in [4.78, 5) is 0. The highest BCUT2D eigenvalue weighted by atomic mass is 79.9. The van der Waals surface area contributed by atoms with E-state index in [1.165, 1.54) is 0 Å². The van der Waals surface area contributed by atoms with Crippen molar-refractivity contribution in [3.63, 3.8) is 0 Å². The Hall–Kier alpha value is -0.550. The maximum atomic E-state index is 6.32. The minimum atomic E-state index is -0.414. The normalized spacial score (nSPS) is 13.0. The molecule has 2 N–H and O–H groups in total. The molecule has 1 unspecified atom stereocenters. The summed E-state index contributed by atoms with van der Waals surface area (Å²) in [6.45, 7) is 4.06. The number of nitrogens with zero attached hydrogens (tertiary/aromatic N) is 2. The summed E-state index contributed by atoms with van der Waals surface area (Å²) < 4.78 is 2.64. The van der Waals surface area contributed by atoms with Gasteiger partial charge in [0.05, 0.1) is 28.0 Å². The standard InChI is InChI=1S/C13H14BrCl2N3/c1-7(2)19-13(10(15)6-18-19)12(17)8-4-3-5-9(14)11(8)16/h3-7,12H,17H2,1-2H3. The fourth-order valence-electron chi connectivity index (χ4n) is 1.96. The van der Waals surface area contributed by atoms with Gasteiger partial charge in [0, 0.05) is 10.5 Å². The third kappa shape index (κ3) is 2.82. The molecule has 2 rings (SSSR count). The summed E-state index contributed by atoms with van der Waals surface area (Å²) in [7, 11) is 0. The fourth-order valence-corrected chi connectivity index (χ4v) is 2.83. The molecule has 0 aliphatic heterocycles. The van der Waals surface area contributed by atoms with Crippen molar-refractivity contribution in [3.8, 4) is 0 Å². The van der Waals surface area contributed by atoms with Crippen LogP contribution in [0.3, 0.4) is 0 Å². The molecule has 102 valence electrons. The van der Waals surface area contributed by atoms with Crippen LogP contribution in [0.2, 0.25) is 10.0 Å². The van der Waals surface area contributed by atoms with Crippen LogP contribution in [0.4, 0.5) is 0 Å². The van der Waals surface area contributed by atoms with Gasteiger partial charge in [-0.15, -0.1) is 0 Å². The van der Waals surface area contributed by atoms with E-state index in [1.54, 1.807) is 6.20 Å². The van der Waals surface area contributed by atoms with Crippen LogP contribution in [-0.4, -0.2) is 9.78 Å². The van der Waals surface area contributed by atoms with Gasteiger partial charge in [0.2, 0.25) is 0 Å². The lowest BCUT2D eigenvalue weighted by Gasteiger charge is -2.19. The second kappa shape index (κ2) is 5.83. The average molecular weight is 363 g/mol. The predicted octanol–water partition coefficient (Wildman–Crippen LogP) is 4.58. The lowest BCUT2D eigenvalue weighted by Crippen LogP contribution is -2.19. The number of hydrogen-bond acceptors (Lipinski definition) is 2. The smallest absolute Gasteiger partial charge is 0.0837 e. The fraction of sp³-hybridized carbons (Fsp3) is 0.308. The topological polar surface area (TPSA) is 43.8 Å². The first-order valence-corrected chi connectivity index (χ1v) is 7.40. The first-order chi connectivity index (χ1) is 8.93. The van der Waals surface area contributed by atoms with Crippen molar-refractivity contribution in [3.05, 3.63) is 50.2 Å². The Morgan fingerprint density at radius 2 is 2.00 bits per heavy atom. The molecule has 2 aromatic rings. The molecule has 1 aromatic carbocycles. The Morgan fingerprint density at radius 3 is 2.63 bits per heavy atom. The zero-order chi connectivity index (χ0) is 14.2. The van der Waals surface area contributed by atoms with Crippen LogP contribution in [0.15, 0.2) is 28.9 Å². The van der Waals surface area contributed by atoms with Crippen molar-refractivity contribution in [2.24, 2.45) is 5.73 Å². The summed E-state index contributed by atoms with van der Waals surface area (Å²) >= 11 is 15.9. The van der Waals surface area contributed by atoms with E-state index >= 15 is 0 Å². The maximum Gasteiger partial charge on any atom is 0.0837 e. The molecule has 19 heavy (non-hydrogen) atoms. The molecule has 0 aliphatic carbocycles. The molecule has 0 saturated carbocycles. The van der Waals surface area contributed by atoms with Gasteiger partial charge in [-0.25, -0.2) is 0 Å². The van der Waals surface area contributed by atoms with Crippen LogP contribution in [-0.2, 0) is 0 Å². The van der Waals surface area contributed by atoms with Gasteiger partial charge in [-0.05, 0) is 41.4 Å². The van der Waals surface area contributed by atoms with Crippen molar-refractivity contribution in [2.75, 3.05) is 0 Å². The van der Waals surface area contributed by atoms with Crippen LogP contribution in [0.25, 0.3) is 0 Å². The number of halogens is 3. The molecule has 0 spiro atoms. The molecule has 3 nitrogen and oxygen atoms in total. The van der Waals surface area contributed by atoms with E-state index in [1.807, 2.05) is 36.7 Å². The quantitative estimate of drug-likeness (QED) is 0.868. The molecule has 0 saturated heterocycles. The van der Waals surface area contributed by atoms with Crippen LogP contribution >= 0.6 is 39.1 Å². The first kappa shape index (κ1) is 14.9. The Kier molecular flexibility index (Phi) is 4.56. The van der Waals surface area contributed by atoms with Crippen molar-refractivity contribution in [1.29, 1.82) is 0 Å². The van der Waals surface area contributed by atoms with Gasteiger partial charge in [-0.2, -0.15) is 5.10 Å². The van der Waals surface area contributed by atoms with Crippen molar-refractivity contribution in [2.45, 2.75) is 25.9 Å². The summed E-state index contributed by atoms with van der Waals surface area (Å²) in [6, 6.07) is 5.43. The van der Waals surface area contributed by atoms with Gasteiger partial charge in [0.15, 0.2) is 0 Å². The van der Waals surface area contributed by atoms with E-state index < -0.39 is 6.04 Å². The molecule has 0 aliphatic rings. The van der Waals surface area contributed by atoms with Gasteiger partial charge in [-0.3, -0.25) is 4.68 Å². The van der Waals surface area contributed by atoms with Gasteiger partial charge >= 0.3 is 0 Å². The predicted molar refractivity (Wildman–Crippen MR) is 82.8 cm³/mol. The van der Waals surface area contributed by atoms with Crippen molar-refractivity contribution >= 4 is 39.1 Å². The molecule has 1 atom stereocenters. The van der Waals surface area contributed by atoms with Crippen LogP contribution in [0, 0.1) is 0 Å². The molecule has 6 heteroatoms. The lowest BCUT2D eigenvalue weighted by atomic mass is 10.0. The highest BCUT2D eigenvalue weighted by Gasteiger charge is 2.22. The summed E-state index contributed by atoms with van der Waals surface area (Å²) in [6.07, 6.45) is 1.61. The molecule has 1 heterocycles. The number of benzene rings is 1. The Bertz CT molecular complexity index is 596. The Balaban J connectivity index is 2.53. The zero-order valence-corrected chi connectivity index (χ0v) is 13.7. The molecular weight excluding hydrogens is 349 g/mol. The van der Waals surface area contributed by atoms with E-state index in [0.717, 1.165) is 15.7 Å². The van der Waals surface area contributed by atoms with E-state index in [4.69, 9.17) is 28.9 Å². The van der Waals surface area contributed by atoms with E-state index in [9.17, 15) is 0 Å². The summed E-state index contributed by atoms with van der Waals surface area (Å²) in [5, 5.41) is 5.42. The van der Waals surface area contributed by atoms with Crippen LogP contribution in [0.5, 0.6) is 0 Å². The first-order valence-electron chi connectivity index (χ1n) is 5.86. The molecule has 0 radical (unpaired) electrons. The largest absolute Gasteiger partial charge is 0.319 e. The van der Waals surface area contributed by atoms with E-state index in [-0.39, 0.29) is 6.04 Å². The number of hydrogen-bond donors (Lipinski definition) is 1. The van der Waals surface area contributed by atoms with Gasteiger partial charge < -0.3 is 5.73 Å². The van der Waals surface area contributed by atoms with Crippen LogP contribution in [0.1, 0.15) is 37.2 Å². The Morgan fingerprint density at radius 1 is 1.32 bits per heavy atom. The van der Waals surface area contributed by atoms with E-state index in [0.29, 0.717) is 10.0 Å². The average Bonchev–Trinajstić information content (AvgIpc) is 2.74. The monoisotopic (exact) mass is 361 g/mol. The van der Waals surface area contributed by atoms with Gasteiger partial charge in [0.1, 0.15) is 0 Å². The number of aromatic nitrogens is 2. The SMILES string of the molecule is CC(C)n1ncc(Cl)c1C(N)c1cccc(Br)c1Cl. The third-order valence-corrected chi connectivity index (χ3v) is 4.49. The van der Waals surface area contributed by atoms with E-state index in [2.05, 4.69) is 21.0 Å². The minimum Gasteiger partial charge on any atom is -0.319 e. The summed E-state index contributed by atoms with van der Waals surface area (Å²) in [5.41, 5.74) is 7.91. The molecule has 1 aromatic heterocycles. The minimum absolute atomic E-state index is 0.180. The molecule has 0 fully saturated rings. The second-order valence-electron chi connectivity index (χ2n) is 4.54. The third-order valence-electron chi connectivity index (χ3n) is 2.89. The van der Waals surface area contributed by atoms with Crippen molar-refractivity contribution in [1.82, 2.24) is 9.78 Å². The maximum absolute atomic E-state index is 6.32. The highest BCUT2D eigenvalue weighted by molar-refractivity contribution is 9.10. The van der Waals surface area contributed by atoms with Gasteiger partial charge in [0.25, 0.3) is 0 Å². The zero-order valence-electron chi connectivity index (χ0n) is 10.6. The number of nitrogens with two attached hydrogens (primary N) is 1. The highest BCUT2D eigenvalue weighted by Crippen LogP contribution is 2.35. The lowest BCUT2D eigenvalue weighted by molar-refractivity contribution is 0.499. The molecule has 0 amide bonds. The molecular formula is C13H14BrCl2N3. The number of rotatable bonds is 3. The summed E-state index contributed by atoms with van der Waals surface area (Å²) in [5.74, 6) is 0. The molecule has 0 bridgehead atoms. The van der Waals surface area contributed by atoms with Gasteiger partial charge in [-0.1, -0.05) is 35.3 Å². The Labute approximate surface area is 130 Å². The second-order valence-corrected chi connectivity index (χ2v) is 6.18. The van der Waals surface area contributed by atoms with Crippen molar-refractivity contribution < 1.29 is 0 Å². The van der Waals surface area contributed by atoms with Crippen LogP contribution < -0.4 is 5.73 Å².